The average molecular weight is 542 g/mol. The van der Waals surface area contributed by atoms with Gasteiger partial charge < -0.3 is 24.6 Å². The van der Waals surface area contributed by atoms with Crippen molar-refractivity contribution in [2.24, 2.45) is 0 Å². The number of carboxylic acids is 1. The van der Waals surface area contributed by atoms with Crippen LogP contribution in [0.5, 0.6) is 11.5 Å². The number of hydrogen-bond acceptors (Lipinski definition) is 7. The third-order valence-electron chi connectivity index (χ3n) is 8.10. The molecule has 8 nitrogen and oxygen atoms in total. The van der Waals surface area contributed by atoms with Crippen molar-refractivity contribution >= 4 is 11.8 Å². The standard InChI is InChI=1S/C30H40FN3O5/c1-37-26-17-21(33-29-23(26)8-6-12-32-29)7-4-3-5-14-39-22-11-13-34(18-22)27(30(35)36)24-15-20(19-9-10-19)16-25(31)28(24)38-2/h15-17,19,22,27H,3-14,18H2,1-2H3,(H,32,33)(H,35,36)/t22-,27+/m1/s1. The first-order chi connectivity index (χ1) is 19.0. The van der Waals surface area contributed by atoms with Crippen LogP contribution in [0, 0.1) is 5.82 Å². The summed E-state index contributed by atoms with van der Waals surface area (Å²) in [5.41, 5.74) is 3.48. The molecule has 9 heteroatoms. The number of fused-ring (bicyclic) bond motifs is 1. The quantitative estimate of drug-likeness (QED) is 0.338. The molecule has 2 atom stereocenters. The molecule has 3 heterocycles. The minimum Gasteiger partial charge on any atom is -0.496 e. The Hall–Kier alpha value is -2.91. The van der Waals surface area contributed by atoms with Crippen molar-refractivity contribution in [1.29, 1.82) is 0 Å². The van der Waals surface area contributed by atoms with E-state index in [9.17, 15) is 14.3 Å². The van der Waals surface area contributed by atoms with Crippen LogP contribution in [0.2, 0.25) is 0 Å². The second-order valence-electron chi connectivity index (χ2n) is 10.9. The number of benzene rings is 1. The molecule has 0 bridgehead atoms. The Labute approximate surface area is 229 Å². The Morgan fingerprint density at radius 1 is 1.18 bits per heavy atom. The molecule has 1 saturated heterocycles. The number of likely N-dealkylation sites (tertiary alicyclic amines) is 1. The highest BCUT2D eigenvalue weighted by Crippen LogP contribution is 2.44. The number of aliphatic carboxylic acids is 1. The fourth-order valence-corrected chi connectivity index (χ4v) is 5.92. The number of hydrogen-bond donors (Lipinski definition) is 2. The lowest BCUT2D eigenvalue weighted by Crippen LogP contribution is -2.34. The van der Waals surface area contributed by atoms with Crippen LogP contribution in [0.3, 0.4) is 0 Å². The number of ether oxygens (including phenoxy) is 3. The van der Waals surface area contributed by atoms with Crippen molar-refractivity contribution in [3.05, 3.63) is 46.4 Å². The SMILES string of the molecule is COc1cc(CCCCCO[C@@H]2CCN([C@H](C(=O)O)c3cc(C4CC4)cc(F)c3OC)C2)nc2c1CCCN2. The number of nitrogens with zero attached hydrogens (tertiary/aromatic N) is 2. The zero-order valence-electron chi connectivity index (χ0n) is 23.0. The van der Waals surface area contributed by atoms with Gasteiger partial charge in [0.15, 0.2) is 11.6 Å². The fourth-order valence-electron chi connectivity index (χ4n) is 5.92. The van der Waals surface area contributed by atoms with E-state index in [0.29, 0.717) is 31.2 Å². The molecule has 5 rings (SSSR count). The number of aromatic nitrogens is 1. The van der Waals surface area contributed by atoms with Gasteiger partial charge in [-0.25, -0.2) is 9.37 Å². The molecule has 1 aromatic heterocycles. The van der Waals surface area contributed by atoms with Gasteiger partial charge in [0.05, 0.1) is 20.3 Å². The van der Waals surface area contributed by atoms with E-state index >= 15 is 0 Å². The zero-order valence-corrected chi connectivity index (χ0v) is 23.0. The lowest BCUT2D eigenvalue weighted by molar-refractivity contribution is -0.143. The van der Waals surface area contributed by atoms with Crippen LogP contribution in [0.4, 0.5) is 10.2 Å². The maximum absolute atomic E-state index is 14.8. The molecule has 0 amide bonds. The highest BCUT2D eigenvalue weighted by molar-refractivity contribution is 5.77. The molecule has 1 aliphatic carbocycles. The summed E-state index contributed by atoms with van der Waals surface area (Å²) in [6.45, 7) is 2.67. The summed E-state index contributed by atoms with van der Waals surface area (Å²) < 4.78 is 31.8. The largest absolute Gasteiger partial charge is 0.496 e. The second kappa shape index (κ2) is 12.5. The molecule has 1 saturated carbocycles. The zero-order chi connectivity index (χ0) is 27.4. The van der Waals surface area contributed by atoms with Crippen molar-refractivity contribution in [2.75, 3.05) is 45.8 Å². The van der Waals surface area contributed by atoms with Crippen molar-refractivity contribution in [1.82, 2.24) is 9.88 Å². The van der Waals surface area contributed by atoms with Crippen LogP contribution < -0.4 is 14.8 Å². The number of pyridine rings is 1. The molecule has 0 radical (unpaired) electrons. The summed E-state index contributed by atoms with van der Waals surface area (Å²) in [4.78, 5) is 19.0. The maximum Gasteiger partial charge on any atom is 0.325 e. The van der Waals surface area contributed by atoms with Gasteiger partial charge in [-0.05, 0) is 75.0 Å². The monoisotopic (exact) mass is 541 g/mol. The normalized spacial score (nSPS) is 19.8. The van der Waals surface area contributed by atoms with Crippen LogP contribution in [-0.2, 0) is 22.4 Å². The Balaban J connectivity index is 1.10. The van der Waals surface area contributed by atoms with Gasteiger partial charge in [-0.1, -0.05) is 6.42 Å². The number of unbranched alkanes of at least 4 members (excludes halogenated alkanes) is 2. The molecule has 1 aromatic carbocycles. The summed E-state index contributed by atoms with van der Waals surface area (Å²) in [5.74, 6) is 0.743. The predicted molar refractivity (Wildman–Crippen MR) is 146 cm³/mol. The van der Waals surface area contributed by atoms with E-state index in [2.05, 4.69) is 11.4 Å². The Kier molecular flexibility index (Phi) is 8.87. The second-order valence-corrected chi connectivity index (χ2v) is 10.9. The van der Waals surface area contributed by atoms with Gasteiger partial charge in [0, 0.05) is 49.1 Å². The summed E-state index contributed by atoms with van der Waals surface area (Å²) in [7, 11) is 3.11. The van der Waals surface area contributed by atoms with Crippen LogP contribution in [0.15, 0.2) is 18.2 Å². The van der Waals surface area contributed by atoms with Gasteiger partial charge in [-0.2, -0.15) is 0 Å². The van der Waals surface area contributed by atoms with Crippen LogP contribution >= 0.6 is 0 Å². The summed E-state index contributed by atoms with van der Waals surface area (Å²) in [6, 6.07) is 4.42. The van der Waals surface area contributed by atoms with Crippen LogP contribution in [0.25, 0.3) is 0 Å². The summed E-state index contributed by atoms with van der Waals surface area (Å²) in [5, 5.41) is 13.5. The number of methoxy groups -OCH3 is 2. The molecular formula is C30H40FN3O5. The Morgan fingerprint density at radius 3 is 2.77 bits per heavy atom. The average Bonchev–Trinajstić information content (AvgIpc) is 3.69. The predicted octanol–water partition coefficient (Wildman–Crippen LogP) is 5.10. The molecule has 2 N–H and O–H groups in total. The van der Waals surface area contributed by atoms with Crippen LogP contribution in [-0.4, -0.2) is 67.5 Å². The number of anilines is 1. The van der Waals surface area contributed by atoms with Crippen LogP contribution in [0.1, 0.15) is 79.3 Å². The molecule has 212 valence electrons. The lowest BCUT2D eigenvalue weighted by atomic mass is 9.99. The molecule has 39 heavy (non-hydrogen) atoms. The van der Waals surface area contributed by atoms with Crippen molar-refractivity contribution in [2.45, 2.75) is 75.9 Å². The third kappa shape index (κ3) is 6.47. The Morgan fingerprint density at radius 2 is 2.03 bits per heavy atom. The van der Waals surface area contributed by atoms with Gasteiger partial charge in [-0.15, -0.1) is 0 Å². The van der Waals surface area contributed by atoms with Gasteiger partial charge in [-0.3, -0.25) is 9.69 Å². The smallest absolute Gasteiger partial charge is 0.325 e. The number of nitrogens with one attached hydrogen (secondary N) is 1. The van der Waals surface area contributed by atoms with Gasteiger partial charge in [0.2, 0.25) is 0 Å². The first-order valence-electron chi connectivity index (χ1n) is 14.2. The number of rotatable bonds is 13. The first-order valence-corrected chi connectivity index (χ1v) is 14.2. The van der Waals surface area contributed by atoms with Gasteiger partial charge in [0.1, 0.15) is 17.6 Å². The number of aryl methyl sites for hydroxylation is 1. The van der Waals surface area contributed by atoms with E-state index in [1.165, 1.54) is 18.7 Å². The molecular weight excluding hydrogens is 501 g/mol. The Bertz CT molecular complexity index is 1150. The third-order valence-corrected chi connectivity index (χ3v) is 8.10. The topological polar surface area (TPSA) is 93.2 Å². The minimum absolute atomic E-state index is 0.0259. The first kappa shape index (κ1) is 27.6. The van der Waals surface area contributed by atoms with E-state index in [4.69, 9.17) is 19.2 Å². The van der Waals surface area contributed by atoms with E-state index in [1.807, 2.05) is 11.0 Å². The number of carboxylic acid groups (broad SMARTS) is 1. The molecule has 2 aromatic rings. The summed E-state index contributed by atoms with van der Waals surface area (Å²) >= 11 is 0. The number of halogens is 1. The van der Waals surface area contributed by atoms with E-state index in [1.54, 1.807) is 7.11 Å². The maximum atomic E-state index is 14.8. The number of carbonyl (C=O) groups is 1. The van der Waals surface area contributed by atoms with Gasteiger partial charge >= 0.3 is 5.97 Å². The summed E-state index contributed by atoms with van der Waals surface area (Å²) in [6.07, 6.45) is 8.69. The highest BCUT2D eigenvalue weighted by Gasteiger charge is 2.37. The van der Waals surface area contributed by atoms with E-state index < -0.39 is 17.8 Å². The van der Waals surface area contributed by atoms with Crippen molar-refractivity contribution in [3.8, 4) is 11.5 Å². The highest BCUT2D eigenvalue weighted by atomic mass is 19.1. The molecule has 3 aliphatic rings. The van der Waals surface area contributed by atoms with Crippen molar-refractivity contribution < 1.29 is 28.5 Å². The minimum atomic E-state index is -0.996. The van der Waals surface area contributed by atoms with Crippen molar-refractivity contribution in [3.63, 3.8) is 0 Å². The molecule has 2 aliphatic heterocycles. The van der Waals surface area contributed by atoms with Gasteiger partial charge in [0.25, 0.3) is 0 Å². The molecule has 2 fully saturated rings. The van der Waals surface area contributed by atoms with E-state index in [-0.39, 0.29) is 11.9 Å². The lowest BCUT2D eigenvalue weighted by Gasteiger charge is -2.26. The fraction of sp³-hybridized carbons (Fsp3) is 0.600. The van der Waals surface area contributed by atoms with E-state index in [0.717, 1.165) is 87.2 Å². The molecule has 0 spiro atoms. The molecule has 0 unspecified atom stereocenters.